The van der Waals surface area contributed by atoms with Crippen molar-refractivity contribution in [3.8, 4) is 0 Å². The van der Waals surface area contributed by atoms with Crippen LogP contribution < -0.4 is 4.73 Å². The summed E-state index contributed by atoms with van der Waals surface area (Å²) >= 11 is 0. The van der Waals surface area contributed by atoms with Gasteiger partial charge in [-0.2, -0.15) is 4.73 Å². The third kappa shape index (κ3) is 2.36. The van der Waals surface area contributed by atoms with E-state index in [9.17, 15) is 5.21 Å². The lowest BCUT2D eigenvalue weighted by atomic mass is 10.1. The van der Waals surface area contributed by atoms with E-state index in [1.807, 2.05) is 24.3 Å². The molecule has 2 aromatic heterocycles. The highest BCUT2D eigenvalue weighted by Crippen LogP contribution is 2.26. The van der Waals surface area contributed by atoms with Crippen LogP contribution in [0.15, 0.2) is 40.9 Å². The van der Waals surface area contributed by atoms with Gasteiger partial charge in [0.1, 0.15) is 5.76 Å². The molecule has 0 atom stereocenters. The van der Waals surface area contributed by atoms with Crippen LogP contribution in [0, 0.1) is 5.21 Å². The highest BCUT2D eigenvalue weighted by atomic mass is 16.5. The Morgan fingerprint density at radius 3 is 2.80 bits per heavy atom. The lowest BCUT2D eigenvalue weighted by Crippen LogP contribution is -2.25. The number of hydrogen-bond donors (Lipinski definition) is 0. The van der Waals surface area contributed by atoms with Crippen molar-refractivity contribution in [1.82, 2.24) is 0 Å². The van der Waals surface area contributed by atoms with Crippen LogP contribution in [0.5, 0.6) is 0 Å². The molecule has 0 radical (unpaired) electrons. The number of hydrogen-bond acceptors (Lipinski definition) is 2. The SMILES string of the molecule is CCCCCCc1cc2c(c[n+]([O-])c3ccccc23)o1. The number of para-hydroxylation sites is 1. The van der Waals surface area contributed by atoms with E-state index in [4.69, 9.17) is 4.42 Å². The van der Waals surface area contributed by atoms with E-state index in [-0.39, 0.29) is 0 Å². The van der Waals surface area contributed by atoms with Gasteiger partial charge in [-0.1, -0.05) is 38.3 Å². The lowest BCUT2D eigenvalue weighted by molar-refractivity contribution is -0.575. The van der Waals surface area contributed by atoms with Crippen LogP contribution in [0.4, 0.5) is 0 Å². The van der Waals surface area contributed by atoms with Gasteiger partial charge in [0.2, 0.25) is 11.7 Å². The maximum Gasteiger partial charge on any atom is 0.224 e. The molecule has 0 N–H and O–H groups in total. The van der Waals surface area contributed by atoms with Crippen LogP contribution in [0.25, 0.3) is 21.9 Å². The number of rotatable bonds is 5. The summed E-state index contributed by atoms with van der Waals surface area (Å²) in [6.07, 6.45) is 7.36. The van der Waals surface area contributed by atoms with Crippen molar-refractivity contribution in [2.75, 3.05) is 0 Å². The van der Waals surface area contributed by atoms with Crippen molar-refractivity contribution < 1.29 is 9.15 Å². The minimum absolute atomic E-state index is 0.684. The Balaban J connectivity index is 1.96. The normalized spacial score (nSPS) is 11.4. The molecule has 0 fully saturated rings. The number of furan rings is 1. The first-order chi connectivity index (χ1) is 9.79. The third-order valence-electron chi connectivity index (χ3n) is 3.75. The highest BCUT2D eigenvalue weighted by molar-refractivity contribution is 6.02. The largest absolute Gasteiger partial charge is 0.618 e. The molecule has 104 valence electrons. The van der Waals surface area contributed by atoms with Crippen molar-refractivity contribution in [3.63, 3.8) is 0 Å². The molecule has 2 heterocycles. The zero-order chi connectivity index (χ0) is 13.9. The summed E-state index contributed by atoms with van der Waals surface area (Å²) in [5.41, 5.74) is 1.38. The summed E-state index contributed by atoms with van der Waals surface area (Å²) < 4.78 is 6.71. The van der Waals surface area contributed by atoms with E-state index in [1.54, 1.807) is 0 Å². The van der Waals surface area contributed by atoms with Gasteiger partial charge in [0, 0.05) is 17.9 Å². The fourth-order valence-electron chi connectivity index (χ4n) is 2.68. The molecule has 0 bridgehead atoms. The monoisotopic (exact) mass is 269 g/mol. The maximum atomic E-state index is 12.0. The minimum Gasteiger partial charge on any atom is -0.618 e. The second kappa shape index (κ2) is 5.53. The molecule has 3 nitrogen and oxygen atoms in total. The standard InChI is InChI=1S/C17H19NO2/c1-2-3-4-5-8-13-11-15-14-9-6-7-10-16(14)18(19)12-17(15)20-13/h6-7,9-12H,2-5,8H2,1H3. The summed E-state index contributed by atoms with van der Waals surface area (Å²) in [6.45, 7) is 2.21. The Morgan fingerprint density at radius 2 is 1.95 bits per heavy atom. The van der Waals surface area contributed by atoms with Crippen LogP contribution in [-0.2, 0) is 6.42 Å². The van der Waals surface area contributed by atoms with Gasteiger partial charge in [-0.15, -0.1) is 0 Å². The summed E-state index contributed by atoms with van der Waals surface area (Å²) in [6, 6.07) is 9.74. The van der Waals surface area contributed by atoms with Crippen molar-refractivity contribution >= 4 is 21.9 Å². The third-order valence-corrected chi connectivity index (χ3v) is 3.75. The fourth-order valence-corrected chi connectivity index (χ4v) is 2.68. The molecule has 0 saturated carbocycles. The molecule has 0 aliphatic heterocycles. The van der Waals surface area contributed by atoms with Crippen LogP contribution in [-0.4, -0.2) is 0 Å². The van der Waals surface area contributed by atoms with Gasteiger partial charge in [-0.05, 0) is 18.6 Å². The van der Waals surface area contributed by atoms with Crippen molar-refractivity contribution in [2.24, 2.45) is 0 Å². The van der Waals surface area contributed by atoms with Gasteiger partial charge >= 0.3 is 0 Å². The van der Waals surface area contributed by atoms with Gasteiger partial charge in [0.15, 0.2) is 5.58 Å². The maximum absolute atomic E-state index is 12.0. The van der Waals surface area contributed by atoms with E-state index in [0.29, 0.717) is 11.1 Å². The quantitative estimate of drug-likeness (QED) is 0.392. The van der Waals surface area contributed by atoms with E-state index < -0.39 is 0 Å². The van der Waals surface area contributed by atoms with Crippen LogP contribution >= 0.6 is 0 Å². The Hall–Kier alpha value is -2.03. The van der Waals surface area contributed by atoms with E-state index in [0.717, 1.165) is 34.1 Å². The zero-order valence-corrected chi connectivity index (χ0v) is 11.8. The summed E-state index contributed by atoms with van der Waals surface area (Å²) in [7, 11) is 0. The molecular weight excluding hydrogens is 250 g/mol. The lowest BCUT2D eigenvalue weighted by Gasteiger charge is -2.00. The first-order valence-corrected chi connectivity index (χ1v) is 7.33. The Bertz CT molecular complexity index is 730. The first kappa shape index (κ1) is 13.0. The van der Waals surface area contributed by atoms with Gasteiger partial charge in [0.05, 0.1) is 5.39 Å². The van der Waals surface area contributed by atoms with Gasteiger partial charge in [0.25, 0.3) is 0 Å². The molecule has 0 spiro atoms. The Kier molecular flexibility index (Phi) is 3.59. The molecule has 0 aliphatic carbocycles. The average molecular weight is 269 g/mol. The number of benzene rings is 1. The molecule has 20 heavy (non-hydrogen) atoms. The number of aryl methyl sites for hydroxylation is 1. The highest BCUT2D eigenvalue weighted by Gasteiger charge is 2.13. The topological polar surface area (TPSA) is 40.1 Å². The second-order valence-electron chi connectivity index (χ2n) is 5.27. The molecule has 1 aromatic carbocycles. The van der Waals surface area contributed by atoms with E-state index >= 15 is 0 Å². The number of pyridine rings is 1. The van der Waals surface area contributed by atoms with Gasteiger partial charge in [-0.3, -0.25) is 0 Å². The van der Waals surface area contributed by atoms with Crippen molar-refractivity contribution in [1.29, 1.82) is 0 Å². The number of fused-ring (bicyclic) bond motifs is 3. The summed E-state index contributed by atoms with van der Waals surface area (Å²) in [5.74, 6) is 0.979. The summed E-state index contributed by atoms with van der Waals surface area (Å²) in [4.78, 5) is 0. The minimum atomic E-state index is 0.684. The van der Waals surface area contributed by atoms with Crippen molar-refractivity contribution in [3.05, 3.63) is 47.5 Å². The molecule has 0 aliphatic rings. The van der Waals surface area contributed by atoms with Crippen LogP contribution in [0.1, 0.15) is 38.4 Å². The first-order valence-electron chi connectivity index (χ1n) is 7.33. The molecule has 3 aromatic rings. The molecule has 0 amide bonds. The predicted octanol–water partition coefficient (Wildman–Crippen LogP) is 4.34. The summed E-state index contributed by atoms with van der Waals surface area (Å²) in [5, 5.41) is 14.0. The molecule has 0 unspecified atom stereocenters. The molecular formula is C17H19NO2. The predicted molar refractivity (Wildman–Crippen MR) is 80.5 cm³/mol. The van der Waals surface area contributed by atoms with E-state index in [1.165, 1.54) is 25.5 Å². The second-order valence-corrected chi connectivity index (χ2v) is 5.27. The number of unbranched alkanes of at least 4 members (excludes halogenated alkanes) is 3. The molecule has 0 saturated heterocycles. The van der Waals surface area contributed by atoms with Gasteiger partial charge < -0.3 is 9.62 Å². The smallest absolute Gasteiger partial charge is 0.224 e. The van der Waals surface area contributed by atoms with Crippen LogP contribution in [0.2, 0.25) is 0 Å². The number of aromatic nitrogens is 1. The Labute approximate surface area is 118 Å². The molecule has 3 rings (SSSR count). The van der Waals surface area contributed by atoms with E-state index in [2.05, 4.69) is 13.0 Å². The average Bonchev–Trinajstić information content (AvgIpc) is 2.87. The number of nitrogens with zero attached hydrogens (tertiary/aromatic N) is 1. The fraction of sp³-hybridized carbons (Fsp3) is 0.353. The van der Waals surface area contributed by atoms with Crippen LogP contribution in [0.3, 0.4) is 0 Å². The molecule has 3 heteroatoms. The van der Waals surface area contributed by atoms with Crippen molar-refractivity contribution in [2.45, 2.75) is 39.0 Å². The van der Waals surface area contributed by atoms with Gasteiger partial charge in [-0.25, -0.2) is 0 Å². The zero-order valence-electron chi connectivity index (χ0n) is 11.8. The Morgan fingerprint density at radius 1 is 1.10 bits per heavy atom.